The Morgan fingerprint density at radius 2 is 1.97 bits per heavy atom. The molecule has 0 radical (unpaired) electrons. The van der Waals surface area contributed by atoms with Gasteiger partial charge in [0, 0.05) is 68.7 Å². The Hall–Kier alpha value is -3.12. The van der Waals surface area contributed by atoms with Crippen molar-refractivity contribution in [2.75, 3.05) is 45.2 Å². The van der Waals surface area contributed by atoms with Crippen LogP contribution in [0.3, 0.4) is 0 Å². The van der Waals surface area contributed by atoms with Crippen LogP contribution in [0, 0.1) is 24.1 Å². The van der Waals surface area contributed by atoms with Crippen molar-refractivity contribution in [3.05, 3.63) is 71.3 Å². The van der Waals surface area contributed by atoms with Gasteiger partial charge in [0.2, 0.25) is 10.0 Å². The maximum absolute atomic E-state index is 13.6. The van der Waals surface area contributed by atoms with Gasteiger partial charge in [-0.1, -0.05) is 13.8 Å². The Kier molecular flexibility index (Phi) is 9.16. The first-order valence-electron chi connectivity index (χ1n) is 13.1. The molecule has 2 N–H and O–H groups in total. The topological polar surface area (TPSA) is 104 Å². The lowest BCUT2D eigenvalue weighted by Crippen LogP contribution is -2.51. The van der Waals surface area contributed by atoms with E-state index in [9.17, 15) is 12.8 Å². The fourth-order valence-corrected chi connectivity index (χ4v) is 6.34. The maximum atomic E-state index is 13.6. The molecular weight excluding hydrogens is 519 g/mol. The van der Waals surface area contributed by atoms with E-state index in [1.807, 2.05) is 19.1 Å². The Morgan fingerprint density at radius 3 is 2.64 bits per heavy atom. The summed E-state index contributed by atoms with van der Waals surface area (Å²) in [6.45, 7) is 9.31. The normalized spacial score (nSPS) is 17.0. The number of hydrogen-bond acceptors (Lipinski definition) is 7. The number of ether oxygens (including phenoxy) is 1. The Labute approximate surface area is 230 Å². The van der Waals surface area contributed by atoms with Crippen LogP contribution in [0.2, 0.25) is 0 Å². The molecule has 1 atom stereocenters. The van der Waals surface area contributed by atoms with Crippen molar-refractivity contribution in [2.24, 2.45) is 5.92 Å². The summed E-state index contributed by atoms with van der Waals surface area (Å²) in [4.78, 5) is 2.51. The predicted octanol–water partition coefficient (Wildman–Crippen LogP) is 4.42. The molecule has 1 aromatic heterocycles. The van der Waals surface area contributed by atoms with Crippen LogP contribution in [0.15, 0.2) is 53.7 Å². The molecule has 2 heterocycles. The third-order valence-corrected chi connectivity index (χ3v) is 8.72. The minimum absolute atomic E-state index is 0.172. The minimum atomic E-state index is -3.75. The zero-order valence-electron chi connectivity index (χ0n) is 22.9. The second-order valence-corrected chi connectivity index (χ2v) is 12.2. The van der Waals surface area contributed by atoms with Crippen LogP contribution in [-0.2, 0) is 21.3 Å². The third kappa shape index (κ3) is 6.73. The van der Waals surface area contributed by atoms with Crippen LogP contribution in [0.25, 0.3) is 0 Å². The van der Waals surface area contributed by atoms with Crippen LogP contribution >= 0.6 is 0 Å². The highest BCUT2D eigenvalue weighted by molar-refractivity contribution is 7.89. The Balaban J connectivity index is 1.65. The number of benzene rings is 2. The van der Waals surface area contributed by atoms with E-state index in [0.717, 1.165) is 23.4 Å². The van der Waals surface area contributed by atoms with E-state index >= 15 is 0 Å². The van der Waals surface area contributed by atoms with Crippen molar-refractivity contribution < 1.29 is 17.5 Å². The number of rotatable bonds is 11. The van der Waals surface area contributed by atoms with Gasteiger partial charge in [-0.3, -0.25) is 9.58 Å². The molecule has 3 aromatic rings. The summed E-state index contributed by atoms with van der Waals surface area (Å²) >= 11 is 0. The summed E-state index contributed by atoms with van der Waals surface area (Å²) < 4.78 is 48.8. The van der Waals surface area contributed by atoms with Crippen LogP contribution in [0.4, 0.5) is 15.8 Å². The van der Waals surface area contributed by atoms with Crippen LogP contribution < -0.4 is 5.32 Å². The van der Waals surface area contributed by atoms with Gasteiger partial charge in [-0.2, -0.15) is 9.40 Å². The lowest BCUT2D eigenvalue weighted by atomic mass is 9.94. The van der Waals surface area contributed by atoms with E-state index in [1.165, 1.54) is 24.5 Å². The first-order chi connectivity index (χ1) is 18.6. The summed E-state index contributed by atoms with van der Waals surface area (Å²) in [6, 6.07) is 9.82. The molecule has 1 saturated heterocycles. The number of anilines is 2. The van der Waals surface area contributed by atoms with Crippen molar-refractivity contribution in [1.29, 1.82) is 5.41 Å². The summed E-state index contributed by atoms with van der Waals surface area (Å²) in [5.74, 6) is 0.0836. The maximum Gasteiger partial charge on any atom is 0.246 e. The zero-order valence-corrected chi connectivity index (χ0v) is 23.7. The number of hydrogen-bond donors (Lipinski definition) is 2. The van der Waals surface area contributed by atoms with Crippen molar-refractivity contribution in [3.63, 3.8) is 0 Å². The van der Waals surface area contributed by atoms with Crippen molar-refractivity contribution >= 4 is 27.6 Å². The van der Waals surface area contributed by atoms with Gasteiger partial charge in [-0.15, -0.1) is 0 Å². The molecule has 1 fully saturated rings. The number of halogens is 1. The van der Waals surface area contributed by atoms with Gasteiger partial charge >= 0.3 is 0 Å². The number of sulfonamides is 1. The highest BCUT2D eigenvalue weighted by Gasteiger charge is 2.36. The number of nitrogens with one attached hydrogen (secondary N) is 2. The molecule has 210 valence electrons. The van der Waals surface area contributed by atoms with Gasteiger partial charge in [0.15, 0.2) is 0 Å². The predicted molar refractivity (Wildman–Crippen MR) is 151 cm³/mol. The van der Waals surface area contributed by atoms with Crippen LogP contribution in [0.5, 0.6) is 0 Å². The van der Waals surface area contributed by atoms with E-state index < -0.39 is 10.0 Å². The molecule has 11 heteroatoms. The van der Waals surface area contributed by atoms with E-state index in [4.69, 9.17) is 10.1 Å². The highest BCUT2D eigenvalue weighted by atomic mass is 32.2. The van der Waals surface area contributed by atoms with Crippen LogP contribution in [-0.4, -0.2) is 73.5 Å². The van der Waals surface area contributed by atoms with E-state index in [2.05, 4.69) is 29.2 Å². The van der Waals surface area contributed by atoms with Crippen molar-refractivity contribution in [1.82, 2.24) is 19.0 Å². The first-order valence-corrected chi connectivity index (χ1v) is 14.5. The number of piperazine rings is 1. The van der Waals surface area contributed by atoms with Crippen molar-refractivity contribution in [3.8, 4) is 0 Å². The van der Waals surface area contributed by atoms with Gasteiger partial charge in [0.05, 0.1) is 19.3 Å². The molecule has 9 nitrogen and oxygen atoms in total. The number of aromatic nitrogens is 2. The van der Waals surface area contributed by atoms with Crippen molar-refractivity contribution in [2.45, 2.75) is 38.3 Å². The fourth-order valence-electron chi connectivity index (χ4n) is 4.95. The second kappa shape index (κ2) is 12.4. The van der Waals surface area contributed by atoms with Gasteiger partial charge in [-0.05, 0) is 60.4 Å². The molecule has 39 heavy (non-hydrogen) atoms. The monoisotopic (exact) mass is 556 g/mol. The summed E-state index contributed by atoms with van der Waals surface area (Å²) in [7, 11) is -2.15. The fraction of sp³-hybridized carbons (Fsp3) is 0.429. The minimum Gasteiger partial charge on any atom is -0.383 e. The Morgan fingerprint density at radius 1 is 1.23 bits per heavy atom. The lowest BCUT2D eigenvalue weighted by Gasteiger charge is -2.42. The molecule has 1 aliphatic heterocycles. The van der Waals surface area contributed by atoms with E-state index in [1.54, 1.807) is 34.4 Å². The quantitative estimate of drug-likeness (QED) is 0.339. The SMILES string of the molecule is COCCn1cc(S(=O)(=O)N2CCN(CC(C)C)[C@H](c3cc(C=N)c(Nc4ccc(F)cc4)cc3C)C2)cn1. The smallest absolute Gasteiger partial charge is 0.246 e. The number of aryl methyl sites for hydroxylation is 1. The Bertz CT molecular complexity index is 1390. The number of methoxy groups -OCH3 is 1. The lowest BCUT2D eigenvalue weighted by molar-refractivity contribution is 0.105. The molecule has 0 saturated carbocycles. The summed E-state index contributed by atoms with van der Waals surface area (Å²) in [6.07, 6.45) is 4.24. The molecule has 1 aliphatic rings. The summed E-state index contributed by atoms with van der Waals surface area (Å²) in [5, 5.41) is 15.5. The van der Waals surface area contributed by atoms with Gasteiger partial charge < -0.3 is 15.5 Å². The van der Waals surface area contributed by atoms with E-state index in [-0.39, 0.29) is 16.8 Å². The zero-order chi connectivity index (χ0) is 28.2. The van der Waals surface area contributed by atoms with Gasteiger partial charge in [0.1, 0.15) is 10.7 Å². The largest absolute Gasteiger partial charge is 0.383 e. The van der Waals surface area contributed by atoms with E-state index in [0.29, 0.717) is 50.0 Å². The molecule has 0 amide bonds. The second-order valence-electron chi connectivity index (χ2n) is 10.3. The van der Waals surface area contributed by atoms with Gasteiger partial charge in [-0.25, -0.2) is 12.8 Å². The summed E-state index contributed by atoms with van der Waals surface area (Å²) in [5.41, 5.74) is 4.08. The third-order valence-electron chi connectivity index (χ3n) is 6.90. The standard InChI is InChI=1S/C28H37FN6O3S/c1-20(2)17-33-9-10-35(39(36,37)25-16-31-34(18-25)11-12-38-4)19-28(33)26-14-22(15-30)27(13-21(26)3)32-24-7-5-23(29)6-8-24/h5-8,13-16,18,20,28,30,32H,9-12,17,19H2,1-4H3/t28-/m0/s1. The molecule has 0 bridgehead atoms. The molecule has 0 spiro atoms. The molecule has 4 rings (SSSR count). The highest BCUT2D eigenvalue weighted by Crippen LogP contribution is 2.34. The average molecular weight is 557 g/mol. The number of nitrogens with zero attached hydrogens (tertiary/aromatic N) is 4. The van der Waals surface area contributed by atoms with Crippen LogP contribution in [0.1, 0.15) is 36.6 Å². The molecule has 0 aliphatic carbocycles. The first kappa shape index (κ1) is 28.9. The van der Waals surface area contributed by atoms with Gasteiger partial charge in [0.25, 0.3) is 0 Å². The molecule has 2 aromatic carbocycles. The molecule has 0 unspecified atom stereocenters. The molecular formula is C28H37FN6O3S. The average Bonchev–Trinajstić information content (AvgIpc) is 3.39.